The van der Waals surface area contributed by atoms with Crippen molar-refractivity contribution in [2.45, 2.75) is 96.6 Å². The van der Waals surface area contributed by atoms with Gasteiger partial charge in [0.2, 0.25) is 11.8 Å². The number of imide groups is 1. The molecule has 3 aliphatic rings. The lowest BCUT2D eigenvalue weighted by atomic mass is 9.67. The highest BCUT2D eigenvalue weighted by Gasteiger charge is 2.56. The number of phenols is 1. The molecule has 0 unspecified atom stereocenters. The second kappa shape index (κ2) is 12.4. The predicted molar refractivity (Wildman–Crippen MR) is 144 cm³/mol. The van der Waals surface area contributed by atoms with E-state index in [4.69, 9.17) is 0 Å². The third-order valence-corrected chi connectivity index (χ3v) is 8.71. The summed E-state index contributed by atoms with van der Waals surface area (Å²) in [5, 5.41) is 31.5. The van der Waals surface area contributed by atoms with Gasteiger partial charge in [-0.3, -0.25) is 14.5 Å². The van der Waals surface area contributed by atoms with E-state index in [1.54, 1.807) is 17.0 Å². The highest BCUT2D eigenvalue weighted by molar-refractivity contribution is 6.06. The number of fused-ring (bicyclic) bond motifs is 1. The Balaban J connectivity index is 1.54. The van der Waals surface area contributed by atoms with Crippen molar-refractivity contribution >= 4 is 17.9 Å². The summed E-state index contributed by atoms with van der Waals surface area (Å²) >= 11 is 0. The fourth-order valence-corrected chi connectivity index (χ4v) is 6.90. The Morgan fingerprint density at radius 2 is 1.76 bits per heavy atom. The van der Waals surface area contributed by atoms with Crippen LogP contribution in [0.5, 0.6) is 5.75 Å². The number of hydrogen-bond donors (Lipinski definition) is 3. The SMILES string of the molecule is CCC/C(=C\c1ccc(O)cc1)CC[C@@H](O)C1=C(CC)C[C@H]2C(=O)N(C3CCCCC3)C(=O)[C@H]2[C@H]1CO. The molecule has 1 aliphatic heterocycles. The quantitative estimate of drug-likeness (QED) is 0.291. The summed E-state index contributed by atoms with van der Waals surface area (Å²) in [6.07, 6.45) is 10.6. The topological polar surface area (TPSA) is 98.1 Å². The maximum Gasteiger partial charge on any atom is 0.234 e. The molecule has 2 aliphatic carbocycles. The lowest BCUT2D eigenvalue weighted by Gasteiger charge is -2.36. The third-order valence-electron chi connectivity index (χ3n) is 8.71. The smallest absolute Gasteiger partial charge is 0.234 e. The molecule has 4 rings (SSSR count). The Labute approximate surface area is 221 Å². The van der Waals surface area contributed by atoms with Gasteiger partial charge in [0.15, 0.2) is 0 Å². The van der Waals surface area contributed by atoms with E-state index >= 15 is 0 Å². The Bertz CT molecular complexity index is 1020. The number of nitrogens with zero attached hydrogens (tertiary/aromatic N) is 1. The van der Waals surface area contributed by atoms with Gasteiger partial charge in [-0.2, -0.15) is 0 Å². The van der Waals surface area contributed by atoms with Gasteiger partial charge in [-0.15, -0.1) is 0 Å². The minimum Gasteiger partial charge on any atom is -0.508 e. The largest absolute Gasteiger partial charge is 0.508 e. The van der Waals surface area contributed by atoms with Crippen molar-refractivity contribution < 1.29 is 24.9 Å². The third kappa shape index (κ3) is 5.85. The highest BCUT2D eigenvalue weighted by Crippen LogP contribution is 2.48. The molecule has 1 saturated carbocycles. The molecule has 37 heavy (non-hydrogen) atoms. The van der Waals surface area contributed by atoms with Crippen molar-refractivity contribution in [1.29, 1.82) is 0 Å². The van der Waals surface area contributed by atoms with Gasteiger partial charge in [0, 0.05) is 12.0 Å². The van der Waals surface area contributed by atoms with Crippen LogP contribution in [-0.4, -0.2) is 50.8 Å². The molecule has 3 N–H and O–H groups in total. The van der Waals surface area contributed by atoms with Crippen molar-refractivity contribution in [3.8, 4) is 5.75 Å². The maximum absolute atomic E-state index is 13.6. The van der Waals surface area contributed by atoms with Gasteiger partial charge in [-0.05, 0) is 68.2 Å². The number of amides is 2. The first-order valence-corrected chi connectivity index (χ1v) is 14.3. The van der Waals surface area contributed by atoms with Gasteiger partial charge in [0.25, 0.3) is 0 Å². The van der Waals surface area contributed by atoms with Crippen molar-refractivity contribution in [3.63, 3.8) is 0 Å². The summed E-state index contributed by atoms with van der Waals surface area (Å²) in [6, 6.07) is 7.08. The molecule has 0 bridgehead atoms. The van der Waals surface area contributed by atoms with Crippen LogP contribution >= 0.6 is 0 Å². The van der Waals surface area contributed by atoms with Crippen molar-refractivity contribution in [3.05, 3.63) is 46.5 Å². The zero-order valence-electron chi connectivity index (χ0n) is 22.4. The number of rotatable bonds is 10. The molecule has 2 fully saturated rings. The zero-order valence-corrected chi connectivity index (χ0v) is 22.4. The molecule has 6 heteroatoms. The first kappa shape index (κ1) is 27.6. The Kier molecular flexibility index (Phi) is 9.25. The van der Waals surface area contributed by atoms with Crippen LogP contribution in [0.3, 0.4) is 0 Å². The summed E-state index contributed by atoms with van der Waals surface area (Å²) in [5.41, 5.74) is 4.05. The summed E-state index contributed by atoms with van der Waals surface area (Å²) in [7, 11) is 0. The van der Waals surface area contributed by atoms with Gasteiger partial charge in [-0.25, -0.2) is 0 Å². The standard InChI is InChI=1S/C31H43NO5/c1-3-8-20(17-21-11-14-24(34)15-12-21)13-16-27(35)28-22(4-2)18-25-29(26(28)19-33)31(37)32(30(25)36)23-9-6-5-7-10-23/h11-12,14-15,17,23,25-27,29,33-35H,3-10,13,16,18-19H2,1-2H3/b20-17+/t25-,26+,27-,29-/m1/s1. The predicted octanol–water partition coefficient (Wildman–Crippen LogP) is 5.37. The van der Waals surface area contributed by atoms with E-state index in [1.807, 2.05) is 19.1 Å². The van der Waals surface area contributed by atoms with Crippen LogP contribution < -0.4 is 0 Å². The second-order valence-corrected chi connectivity index (χ2v) is 11.1. The van der Waals surface area contributed by atoms with E-state index < -0.39 is 23.9 Å². The Hall–Kier alpha value is -2.44. The molecule has 1 aromatic carbocycles. The number of carbonyl (C=O) groups excluding carboxylic acids is 2. The van der Waals surface area contributed by atoms with Gasteiger partial charge in [-0.1, -0.05) is 68.9 Å². The summed E-state index contributed by atoms with van der Waals surface area (Å²) < 4.78 is 0. The fraction of sp³-hybridized carbons (Fsp3) is 0.613. The van der Waals surface area contributed by atoms with E-state index in [1.165, 1.54) is 5.57 Å². The molecule has 202 valence electrons. The number of phenolic OH excluding ortho intramolecular Hbond substituents is 1. The molecular weight excluding hydrogens is 466 g/mol. The van der Waals surface area contributed by atoms with Crippen molar-refractivity contribution in [1.82, 2.24) is 4.90 Å². The van der Waals surface area contributed by atoms with Gasteiger partial charge in [0.1, 0.15) is 5.75 Å². The Morgan fingerprint density at radius 3 is 2.38 bits per heavy atom. The monoisotopic (exact) mass is 509 g/mol. The van der Waals surface area contributed by atoms with E-state index in [9.17, 15) is 24.9 Å². The van der Waals surface area contributed by atoms with Crippen LogP contribution in [0.25, 0.3) is 6.08 Å². The fourth-order valence-electron chi connectivity index (χ4n) is 6.90. The van der Waals surface area contributed by atoms with Crippen LogP contribution in [0, 0.1) is 17.8 Å². The molecule has 0 aromatic heterocycles. The number of likely N-dealkylation sites (tertiary alicyclic amines) is 1. The number of allylic oxidation sites excluding steroid dienone is 2. The normalized spacial score (nSPS) is 26.1. The summed E-state index contributed by atoms with van der Waals surface area (Å²) in [6.45, 7) is 3.92. The first-order valence-electron chi connectivity index (χ1n) is 14.3. The van der Waals surface area contributed by atoms with Crippen LogP contribution in [0.15, 0.2) is 41.0 Å². The summed E-state index contributed by atoms with van der Waals surface area (Å²) in [4.78, 5) is 28.6. The zero-order chi connectivity index (χ0) is 26.5. The Morgan fingerprint density at radius 1 is 1.05 bits per heavy atom. The second-order valence-electron chi connectivity index (χ2n) is 11.1. The molecule has 1 saturated heterocycles. The average molecular weight is 510 g/mol. The van der Waals surface area contributed by atoms with E-state index in [2.05, 4.69) is 13.0 Å². The molecule has 1 aromatic rings. The minimum absolute atomic E-state index is 0.0150. The van der Waals surface area contributed by atoms with Gasteiger partial charge in [0.05, 0.1) is 24.5 Å². The van der Waals surface area contributed by atoms with Crippen LogP contribution in [0.4, 0.5) is 0 Å². The molecule has 6 nitrogen and oxygen atoms in total. The number of aromatic hydroxyl groups is 1. The lowest BCUT2D eigenvalue weighted by Crippen LogP contribution is -2.42. The van der Waals surface area contributed by atoms with E-state index in [0.717, 1.165) is 61.7 Å². The number of aliphatic hydroxyl groups excluding tert-OH is 2. The van der Waals surface area contributed by atoms with Gasteiger partial charge < -0.3 is 15.3 Å². The summed E-state index contributed by atoms with van der Waals surface area (Å²) in [5.74, 6) is -1.47. The molecular formula is C31H43NO5. The van der Waals surface area contributed by atoms with Gasteiger partial charge >= 0.3 is 0 Å². The number of hydrogen-bond acceptors (Lipinski definition) is 5. The molecule has 2 amide bonds. The van der Waals surface area contributed by atoms with Crippen LogP contribution in [-0.2, 0) is 9.59 Å². The molecule has 0 spiro atoms. The highest BCUT2D eigenvalue weighted by atomic mass is 16.3. The van der Waals surface area contributed by atoms with Crippen LogP contribution in [0.2, 0.25) is 0 Å². The molecule has 1 heterocycles. The maximum atomic E-state index is 13.6. The minimum atomic E-state index is -0.764. The van der Waals surface area contributed by atoms with E-state index in [-0.39, 0.29) is 30.2 Å². The average Bonchev–Trinajstić information content (AvgIpc) is 3.16. The number of benzene rings is 1. The lowest BCUT2D eigenvalue weighted by molar-refractivity contribution is -0.143. The molecule has 0 radical (unpaired) electrons. The van der Waals surface area contributed by atoms with Crippen molar-refractivity contribution in [2.75, 3.05) is 6.61 Å². The molecule has 4 atom stereocenters. The number of aliphatic hydroxyl groups is 2. The number of carbonyl (C=O) groups is 2. The van der Waals surface area contributed by atoms with E-state index in [0.29, 0.717) is 25.7 Å². The first-order chi connectivity index (χ1) is 17.9. The van der Waals surface area contributed by atoms with Crippen LogP contribution in [0.1, 0.15) is 90.0 Å². The van der Waals surface area contributed by atoms with Crippen molar-refractivity contribution in [2.24, 2.45) is 17.8 Å².